The number of fused-ring (bicyclic) bond motifs is 1. The van der Waals surface area contributed by atoms with Gasteiger partial charge in [0.15, 0.2) is 0 Å². The number of aryl methyl sites for hydroxylation is 2. The molecule has 0 radical (unpaired) electrons. The topological polar surface area (TPSA) is 70.9 Å². The van der Waals surface area contributed by atoms with Crippen LogP contribution in [0, 0.1) is 13.8 Å². The van der Waals surface area contributed by atoms with Gasteiger partial charge in [0.25, 0.3) is 0 Å². The van der Waals surface area contributed by atoms with Crippen LogP contribution in [0.5, 0.6) is 0 Å². The first-order valence-electron chi connectivity index (χ1n) is 9.41. The zero-order valence-electron chi connectivity index (χ0n) is 16.2. The number of carbonyl (C=O) groups excluding carboxylic acids is 1. The number of benzene rings is 2. The van der Waals surface area contributed by atoms with E-state index in [4.69, 9.17) is 4.42 Å². The predicted molar refractivity (Wildman–Crippen MR) is 111 cm³/mol. The molecule has 0 saturated carbocycles. The number of nitrogens with one attached hydrogen (secondary N) is 2. The summed E-state index contributed by atoms with van der Waals surface area (Å²) in [4.78, 5) is 20.3. The molecule has 1 unspecified atom stereocenters. The molecule has 1 amide bonds. The summed E-state index contributed by atoms with van der Waals surface area (Å²) in [6.07, 6.45) is 2.40. The van der Waals surface area contributed by atoms with Crippen LogP contribution in [0.2, 0.25) is 0 Å². The SMILES string of the molecule is Cc1nc(-c2cccc(NC(=O)CC(C)c3c[nH]c4ccccc34)c2)oc1C. The van der Waals surface area contributed by atoms with Gasteiger partial charge in [-0.2, -0.15) is 0 Å². The lowest BCUT2D eigenvalue weighted by molar-refractivity contribution is -0.116. The van der Waals surface area contributed by atoms with Crippen molar-refractivity contribution in [3.8, 4) is 11.5 Å². The largest absolute Gasteiger partial charge is 0.441 e. The number of anilines is 1. The minimum atomic E-state index is -0.0188. The molecule has 0 saturated heterocycles. The lowest BCUT2D eigenvalue weighted by Gasteiger charge is -2.11. The molecule has 0 fully saturated rings. The number of para-hydroxylation sites is 1. The van der Waals surface area contributed by atoms with E-state index in [0.29, 0.717) is 12.3 Å². The summed E-state index contributed by atoms with van der Waals surface area (Å²) in [5.41, 5.74) is 4.71. The van der Waals surface area contributed by atoms with E-state index in [9.17, 15) is 4.79 Å². The number of aromatic nitrogens is 2. The number of oxazole rings is 1. The van der Waals surface area contributed by atoms with Gasteiger partial charge >= 0.3 is 0 Å². The summed E-state index contributed by atoms with van der Waals surface area (Å²) in [5, 5.41) is 4.16. The Hall–Kier alpha value is -3.34. The maximum Gasteiger partial charge on any atom is 0.226 e. The lowest BCUT2D eigenvalue weighted by atomic mass is 9.97. The maximum atomic E-state index is 12.6. The second kappa shape index (κ2) is 7.35. The van der Waals surface area contributed by atoms with Crippen LogP contribution in [-0.4, -0.2) is 15.9 Å². The number of amides is 1. The number of nitrogens with zero attached hydrogens (tertiary/aromatic N) is 1. The van der Waals surface area contributed by atoms with Gasteiger partial charge in [-0.15, -0.1) is 0 Å². The van der Waals surface area contributed by atoms with E-state index in [-0.39, 0.29) is 11.8 Å². The fourth-order valence-electron chi connectivity index (χ4n) is 3.43. The Balaban J connectivity index is 1.47. The Morgan fingerprint density at radius 1 is 1.18 bits per heavy atom. The number of rotatable bonds is 5. The first-order chi connectivity index (χ1) is 13.5. The number of hydrogen-bond acceptors (Lipinski definition) is 3. The number of H-pyrrole nitrogens is 1. The van der Waals surface area contributed by atoms with Crippen LogP contribution in [0.25, 0.3) is 22.4 Å². The fraction of sp³-hybridized carbons (Fsp3) is 0.217. The molecular weight excluding hydrogens is 350 g/mol. The molecule has 142 valence electrons. The molecule has 28 heavy (non-hydrogen) atoms. The Morgan fingerprint density at radius 3 is 2.79 bits per heavy atom. The fourth-order valence-corrected chi connectivity index (χ4v) is 3.43. The monoisotopic (exact) mass is 373 g/mol. The van der Waals surface area contributed by atoms with Crippen molar-refractivity contribution >= 4 is 22.5 Å². The Kier molecular flexibility index (Phi) is 4.74. The highest BCUT2D eigenvalue weighted by atomic mass is 16.4. The molecule has 0 aliphatic carbocycles. The average Bonchev–Trinajstić information content (AvgIpc) is 3.25. The molecule has 2 N–H and O–H groups in total. The molecule has 1 atom stereocenters. The Morgan fingerprint density at radius 2 is 2.00 bits per heavy atom. The zero-order chi connectivity index (χ0) is 19.7. The molecular formula is C23H23N3O2. The van der Waals surface area contributed by atoms with Crippen molar-refractivity contribution in [2.45, 2.75) is 33.1 Å². The van der Waals surface area contributed by atoms with Gasteiger partial charge in [-0.25, -0.2) is 4.98 Å². The molecule has 2 heterocycles. The van der Waals surface area contributed by atoms with Gasteiger partial charge in [0.2, 0.25) is 11.8 Å². The summed E-state index contributed by atoms with van der Waals surface area (Å²) < 4.78 is 5.69. The van der Waals surface area contributed by atoms with Gasteiger partial charge in [-0.3, -0.25) is 4.79 Å². The second-order valence-corrected chi connectivity index (χ2v) is 7.18. The van der Waals surface area contributed by atoms with Gasteiger partial charge in [0, 0.05) is 34.8 Å². The van der Waals surface area contributed by atoms with Crippen LogP contribution >= 0.6 is 0 Å². The third kappa shape index (κ3) is 3.56. The van der Waals surface area contributed by atoms with Crippen LogP contribution in [-0.2, 0) is 4.79 Å². The zero-order valence-corrected chi connectivity index (χ0v) is 16.2. The van der Waals surface area contributed by atoms with Crippen molar-refractivity contribution in [2.24, 2.45) is 0 Å². The second-order valence-electron chi connectivity index (χ2n) is 7.18. The van der Waals surface area contributed by atoms with Crippen LogP contribution in [0.4, 0.5) is 5.69 Å². The summed E-state index contributed by atoms with van der Waals surface area (Å²) in [6.45, 7) is 5.88. The van der Waals surface area contributed by atoms with Crippen LogP contribution < -0.4 is 5.32 Å². The minimum absolute atomic E-state index is 0.0188. The highest BCUT2D eigenvalue weighted by Gasteiger charge is 2.16. The first-order valence-corrected chi connectivity index (χ1v) is 9.41. The van der Waals surface area contributed by atoms with Gasteiger partial charge in [-0.1, -0.05) is 31.2 Å². The highest BCUT2D eigenvalue weighted by Crippen LogP contribution is 2.28. The van der Waals surface area contributed by atoms with Gasteiger partial charge in [-0.05, 0) is 49.6 Å². The molecule has 2 aromatic carbocycles. The van der Waals surface area contributed by atoms with Crippen molar-refractivity contribution in [2.75, 3.05) is 5.32 Å². The lowest BCUT2D eigenvalue weighted by Crippen LogP contribution is -2.14. The van der Waals surface area contributed by atoms with E-state index < -0.39 is 0 Å². The van der Waals surface area contributed by atoms with Gasteiger partial charge in [0.1, 0.15) is 5.76 Å². The van der Waals surface area contributed by atoms with Gasteiger partial charge in [0.05, 0.1) is 5.69 Å². The summed E-state index contributed by atoms with van der Waals surface area (Å²) in [6, 6.07) is 15.7. The summed E-state index contributed by atoms with van der Waals surface area (Å²) in [5.74, 6) is 1.46. The Bertz CT molecular complexity index is 1120. The summed E-state index contributed by atoms with van der Waals surface area (Å²) in [7, 11) is 0. The van der Waals surface area contributed by atoms with Gasteiger partial charge < -0.3 is 14.7 Å². The van der Waals surface area contributed by atoms with Crippen molar-refractivity contribution in [3.63, 3.8) is 0 Å². The quantitative estimate of drug-likeness (QED) is 0.480. The van der Waals surface area contributed by atoms with E-state index in [1.807, 2.05) is 62.5 Å². The van der Waals surface area contributed by atoms with E-state index in [1.54, 1.807) is 0 Å². The molecule has 5 heteroatoms. The molecule has 4 aromatic rings. The number of aromatic amines is 1. The van der Waals surface area contributed by atoms with Crippen LogP contribution in [0.15, 0.2) is 59.1 Å². The van der Waals surface area contributed by atoms with Crippen LogP contribution in [0.3, 0.4) is 0 Å². The third-order valence-electron chi connectivity index (χ3n) is 5.07. The predicted octanol–water partition coefficient (Wildman–Crippen LogP) is 5.57. The molecule has 2 aromatic heterocycles. The van der Waals surface area contributed by atoms with E-state index in [1.165, 1.54) is 5.39 Å². The molecule has 0 bridgehead atoms. The molecule has 5 nitrogen and oxygen atoms in total. The van der Waals surface area contributed by atoms with E-state index in [0.717, 1.165) is 33.8 Å². The number of hydrogen-bond donors (Lipinski definition) is 2. The third-order valence-corrected chi connectivity index (χ3v) is 5.07. The normalized spacial score (nSPS) is 12.2. The maximum absolute atomic E-state index is 12.6. The van der Waals surface area contributed by atoms with Crippen molar-refractivity contribution in [3.05, 3.63) is 71.7 Å². The summed E-state index contributed by atoms with van der Waals surface area (Å²) >= 11 is 0. The van der Waals surface area contributed by atoms with Crippen molar-refractivity contribution in [1.82, 2.24) is 9.97 Å². The van der Waals surface area contributed by atoms with Crippen molar-refractivity contribution < 1.29 is 9.21 Å². The smallest absolute Gasteiger partial charge is 0.226 e. The standard InChI is InChI=1S/C23H23N3O2/c1-14(20-13-24-21-10-5-4-9-19(20)21)11-22(27)26-18-8-6-7-17(12-18)23-25-15(2)16(3)28-23/h4-10,12-14,24H,11H2,1-3H3,(H,26,27). The van der Waals surface area contributed by atoms with Crippen molar-refractivity contribution in [1.29, 1.82) is 0 Å². The minimum Gasteiger partial charge on any atom is -0.441 e. The Labute approximate surface area is 163 Å². The first kappa shape index (κ1) is 18.0. The van der Waals surface area contributed by atoms with Crippen LogP contribution in [0.1, 0.15) is 36.3 Å². The van der Waals surface area contributed by atoms with E-state index in [2.05, 4.69) is 28.3 Å². The average molecular weight is 373 g/mol. The highest BCUT2D eigenvalue weighted by molar-refractivity contribution is 5.92. The van der Waals surface area contributed by atoms with E-state index >= 15 is 0 Å². The molecule has 0 aliphatic heterocycles. The number of carbonyl (C=O) groups is 1. The molecule has 4 rings (SSSR count). The molecule has 0 spiro atoms. The molecule has 0 aliphatic rings.